The lowest BCUT2D eigenvalue weighted by Crippen LogP contribution is -2.32. The fourth-order valence-electron chi connectivity index (χ4n) is 2.37. The highest BCUT2D eigenvalue weighted by atomic mass is 32.1. The molecule has 5 heteroatoms. The van der Waals surface area contributed by atoms with Crippen LogP contribution in [-0.2, 0) is 0 Å². The van der Waals surface area contributed by atoms with E-state index in [4.69, 9.17) is 5.73 Å². The van der Waals surface area contributed by atoms with Gasteiger partial charge in [-0.25, -0.2) is 4.98 Å². The number of aromatic nitrogens is 2. The first-order valence-electron chi connectivity index (χ1n) is 6.67. The second-order valence-electron chi connectivity index (χ2n) is 4.67. The van der Waals surface area contributed by atoms with Crippen molar-refractivity contribution in [2.45, 2.75) is 25.4 Å². The fourth-order valence-corrected chi connectivity index (χ4v) is 3.99. The lowest BCUT2D eigenvalue weighted by Gasteiger charge is -2.25. The molecule has 0 aliphatic rings. The maximum absolute atomic E-state index is 6.38. The van der Waals surface area contributed by atoms with Crippen LogP contribution in [-0.4, -0.2) is 15.6 Å². The minimum Gasteiger partial charge on any atom is -0.326 e. The van der Waals surface area contributed by atoms with Gasteiger partial charge in [-0.1, -0.05) is 19.1 Å². The molecule has 0 amide bonds. The van der Waals surface area contributed by atoms with Crippen LogP contribution < -0.4 is 5.73 Å². The van der Waals surface area contributed by atoms with E-state index in [-0.39, 0.29) is 12.1 Å². The summed E-state index contributed by atoms with van der Waals surface area (Å²) >= 11 is 3.46. The predicted octanol–water partition coefficient (Wildman–Crippen LogP) is 4.00. The number of hydrogen-bond acceptors (Lipinski definition) is 4. The van der Waals surface area contributed by atoms with Crippen molar-refractivity contribution >= 4 is 22.7 Å². The van der Waals surface area contributed by atoms with Gasteiger partial charge in [-0.05, 0) is 29.3 Å². The molecule has 0 aliphatic heterocycles. The van der Waals surface area contributed by atoms with Crippen LogP contribution in [0.4, 0.5) is 0 Å². The van der Waals surface area contributed by atoms with Gasteiger partial charge in [0.25, 0.3) is 0 Å². The van der Waals surface area contributed by atoms with Gasteiger partial charge in [0.1, 0.15) is 0 Å². The summed E-state index contributed by atoms with van der Waals surface area (Å²) in [6.07, 6.45) is 4.83. The van der Waals surface area contributed by atoms with Crippen LogP contribution in [0.5, 0.6) is 0 Å². The van der Waals surface area contributed by atoms with Gasteiger partial charge >= 0.3 is 0 Å². The molecule has 2 unspecified atom stereocenters. The lowest BCUT2D eigenvalue weighted by atomic mass is 10.0. The SMILES string of the molecule is CCC(N)C(c1cccs1)n1ccnc1-c1cccs1. The van der Waals surface area contributed by atoms with E-state index in [9.17, 15) is 0 Å². The first kappa shape index (κ1) is 13.5. The Labute approximate surface area is 126 Å². The Hall–Kier alpha value is -1.43. The van der Waals surface area contributed by atoms with Gasteiger partial charge < -0.3 is 10.3 Å². The number of hydrogen-bond donors (Lipinski definition) is 1. The molecular weight excluding hydrogens is 286 g/mol. The zero-order valence-electron chi connectivity index (χ0n) is 11.3. The standard InChI is InChI=1S/C15H17N3S2/c1-2-11(16)14(12-5-3-9-19-12)18-8-7-17-15(18)13-6-4-10-20-13/h3-11,14H,2,16H2,1H3. The molecule has 2 atom stereocenters. The molecule has 0 spiro atoms. The largest absolute Gasteiger partial charge is 0.326 e. The third kappa shape index (κ3) is 2.44. The van der Waals surface area contributed by atoms with Gasteiger partial charge in [-0.2, -0.15) is 0 Å². The van der Waals surface area contributed by atoms with Gasteiger partial charge in [0.15, 0.2) is 5.82 Å². The molecule has 3 aromatic rings. The molecule has 0 aromatic carbocycles. The average molecular weight is 303 g/mol. The van der Waals surface area contributed by atoms with Gasteiger partial charge in [-0.3, -0.25) is 0 Å². The topological polar surface area (TPSA) is 43.8 Å². The van der Waals surface area contributed by atoms with E-state index < -0.39 is 0 Å². The van der Waals surface area contributed by atoms with Gasteiger partial charge in [-0.15, -0.1) is 22.7 Å². The molecule has 2 N–H and O–H groups in total. The van der Waals surface area contributed by atoms with Crippen LogP contribution in [0, 0.1) is 0 Å². The van der Waals surface area contributed by atoms with E-state index >= 15 is 0 Å². The highest BCUT2D eigenvalue weighted by molar-refractivity contribution is 7.13. The van der Waals surface area contributed by atoms with Crippen molar-refractivity contribution in [2.75, 3.05) is 0 Å². The molecule has 104 valence electrons. The third-order valence-electron chi connectivity index (χ3n) is 3.42. The van der Waals surface area contributed by atoms with E-state index in [1.54, 1.807) is 22.7 Å². The Morgan fingerprint density at radius 2 is 2.05 bits per heavy atom. The molecule has 0 fully saturated rings. The van der Waals surface area contributed by atoms with Crippen LogP contribution in [0.3, 0.4) is 0 Å². The summed E-state index contributed by atoms with van der Waals surface area (Å²) in [7, 11) is 0. The molecular formula is C15H17N3S2. The molecule has 3 nitrogen and oxygen atoms in total. The first-order chi connectivity index (χ1) is 9.81. The average Bonchev–Trinajstić information content (AvgIpc) is 3.20. The molecule has 0 radical (unpaired) electrons. The smallest absolute Gasteiger partial charge is 0.150 e. The molecule has 0 saturated heterocycles. The van der Waals surface area contributed by atoms with Crippen LogP contribution >= 0.6 is 22.7 Å². The Kier molecular flexibility index (Phi) is 4.00. The summed E-state index contributed by atoms with van der Waals surface area (Å²) in [4.78, 5) is 7.00. The van der Waals surface area contributed by atoms with Crippen molar-refractivity contribution in [3.05, 3.63) is 52.3 Å². The van der Waals surface area contributed by atoms with Crippen molar-refractivity contribution in [3.8, 4) is 10.7 Å². The molecule has 0 aliphatic carbocycles. The summed E-state index contributed by atoms with van der Waals surface area (Å²) in [5.41, 5.74) is 6.38. The Balaban J connectivity index is 2.07. The normalized spacial score (nSPS) is 14.3. The van der Waals surface area contributed by atoms with Crippen LogP contribution in [0.2, 0.25) is 0 Å². The van der Waals surface area contributed by atoms with E-state index in [0.717, 1.165) is 12.2 Å². The molecule has 3 aromatic heterocycles. The number of rotatable bonds is 5. The molecule has 3 heterocycles. The van der Waals surface area contributed by atoms with Crippen LogP contribution in [0.25, 0.3) is 10.7 Å². The lowest BCUT2D eigenvalue weighted by molar-refractivity contribution is 0.468. The fraction of sp³-hybridized carbons (Fsp3) is 0.267. The molecule has 0 saturated carbocycles. The third-order valence-corrected chi connectivity index (χ3v) is 5.23. The molecule has 0 bridgehead atoms. The zero-order valence-corrected chi connectivity index (χ0v) is 12.9. The predicted molar refractivity (Wildman–Crippen MR) is 86.3 cm³/mol. The van der Waals surface area contributed by atoms with Gasteiger partial charge in [0, 0.05) is 23.3 Å². The first-order valence-corrected chi connectivity index (χ1v) is 8.43. The second-order valence-corrected chi connectivity index (χ2v) is 6.59. The number of nitrogens with two attached hydrogens (primary N) is 1. The van der Waals surface area contributed by atoms with Crippen molar-refractivity contribution in [1.29, 1.82) is 0 Å². The minimum atomic E-state index is 0.0848. The number of thiophene rings is 2. The Morgan fingerprint density at radius 3 is 2.70 bits per heavy atom. The minimum absolute atomic E-state index is 0.0848. The van der Waals surface area contributed by atoms with Crippen molar-refractivity contribution < 1.29 is 0 Å². The summed E-state index contributed by atoms with van der Waals surface area (Å²) < 4.78 is 2.21. The van der Waals surface area contributed by atoms with E-state index in [0.29, 0.717) is 0 Å². The highest BCUT2D eigenvalue weighted by Crippen LogP contribution is 2.32. The van der Waals surface area contributed by atoms with E-state index in [1.807, 2.05) is 12.4 Å². The van der Waals surface area contributed by atoms with Crippen LogP contribution in [0.1, 0.15) is 24.3 Å². The molecule has 20 heavy (non-hydrogen) atoms. The van der Waals surface area contributed by atoms with E-state index in [2.05, 4.69) is 51.5 Å². The maximum Gasteiger partial charge on any atom is 0.150 e. The Morgan fingerprint density at radius 1 is 1.25 bits per heavy atom. The Bertz CT molecular complexity index is 641. The van der Waals surface area contributed by atoms with Gasteiger partial charge in [0.2, 0.25) is 0 Å². The second kappa shape index (κ2) is 5.91. The van der Waals surface area contributed by atoms with Crippen molar-refractivity contribution in [2.24, 2.45) is 5.73 Å². The quantitative estimate of drug-likeness (QED) is 0.774. The monoisotopic (exact) mass is 303 g/mol. The van der Waals surface area contributed by atoms with Crippen LogP contribution in [0.15, 0.2) is 47.4 Å². The van der Waals surface area contributed by atoms with Crippen molar-refractivity contribution in [3.63, 3.8) is 0 Å². The summed E-state index contributed by atoms with van der Waals surface area (Å²) in [5, 5.41) is 4.18. The number of nitrogens with zero attached hydrogens (tertiary/aromatic N) is 2. The maximum atomic E-state index is 6.38. The summed E-state index contributed by atoms with van der Waals surface area (Å²) in [6.45, 7) is 2.13. The summed E-state index contributed by atoms with van der Waals surface area (Å²) in [6, 6.07) is 8.63. The van der Waals surface area contributed by atoms with E-state index in [1.165, 1.54) is 9.75 Å². The highest BCUT2D eigenvalue weighted by Gasteiger charge is 2.24. The zero-order chi connectivity index (χ0) is 13.9. The van der Waals surface area contributed by atoms with Crippen molar-refractivity contribution in [1.82, 2.24) is 9.55 Å². The summed E-state index contributed by atoms with van der Waals surface area (Å²) in [5.74, 6) is 1.00. The van der Waals surface area contributed by atoms with Gasteiger partial charge in [0.05, 0.1) is 10.9 Å². The number of imidazole rings is 1. The molecule has 3 rings (SSSR count).